The van der Waals surface area contributed by atoms with Gasteiger partial charge in [-0.3, -0.25) is 9.59 Å². The molecule has 1 unspecified atom stereocenters. The smallest absolute Gasteiger partial charge is 0.261 e. The van der Waals surface area contributed by atoms with Crippen molar-refractivity contribution in [2.45, 2.75) is 39.8 Å². The summed E-state index contributed by atoms with van der Waals surface area (Å²) in [5.41, 5.74) is 2.14. The van der Waals surface area contributed by atoms with Crippen LogP contribution in [0.15, 0.2) is 53.0 Å². The maximum absolute atomic E-state index is 12.9. The van der Waals surface area contributed by atoms with E-state index in [9.17, 15) is 9.59 Å². The van der Waals surface area contributed by atoms with Gasteiger partial charge in [0.05, 0.1) is 0 Å². The summed E-state index contributed by atoms with van der Waals surface area (Å²) in [6, 6.07) is 14.8. The SMILES string of the molecule is CCNC(=O)C(C)N(Cc1cccc(Br)c1)C(=O)COc1ccc(CC)cc1. The Labute approximate surface area is 175 Å². The van der Waals surface area contributed by atoms with E-state index in [1.54, 1.807) is 11.8 Å². The lowest BCUT2D eigenvalue weighted by molar-refractivity contribution is -0.142. The summed E-state index contributed by atoms with van der Waals surface area (Å²) in [6.45, 7) is 6.40. The van der Waals surface area contributed by atoms with Gasteiger partial charge in [-0.25, -0.2) is 0 Å². The van der Waals surface area contributed by atoms with Gasteiger partial charge in [-0.1, -0.05) is 47.1 Å². The molecule has 0 radical (unpaired) electrons. The summed E-state index contributed by atoms with van der Waals surface area (Å²) in [6.07, 6.45) is 0.948. The monoisotopic (exact) mass is 446 g/mol. The average molecular weight is 447 g/mol. The van der Waals surface area contributed by atoms with Gasteiger partial charge in [0.15, 0.2) is 6.61 Å². The first kappa shape index (κ1) is 22.0. The first-order chi connectivity index (χ1) is 13.4. The fourth-order valence-corrected chi connectivity index (χ4v) is 3.23. The van der Waals surface area contributed by atoms with Gasteiger partial charge in [-0.05, 0) is 55.7 Å². The van der Waals surface area contributed by atoms with Crippen LogP contribution in [-0.2, 0) is 22.6 Å². The number of rotatable bonds is 9. The van der Waals surface area contributed by atoms with Crippen molar-refractivity contribution in [3.8, 4) is 5.75 Å². The summed E-state index contributed by atoms with van der Waals surface area (Å²) in [7, 11) is 0. The molecule has 1 atom stereocenters. The zero-order valence-electron chi connectivity index (χ0n) is 16.6. The van der Waals surface area contributed by atoms with E-state index in [4.69, 9.17) is 4.74 Å². The molecule has 28 heavy (non-hydrogen) atoms. The lowest BCUT2D eigenvalue weighted by atomic mass is 10.1. The zero-order valence-corrected chi connectivity index (χ0v) is 18.2. The topological polar surface area (TPSA) is 58.6 Å². The van der Waals surface area contributed by atoms with Gasteiger partial charge in [0.2, 0.25) is 5.91 Å². The Morgan fingerprint density at radius 3 is 2.43 bits per heavy atom. The van der Waals surface area contributed by atoms with Crippen LogP contribution in [0.4, 0.5) is 0 Å². The molecule has 150 valence electrons. The van der Waals surface area contributed by atoms with Crippen molar-refractivity contribution in [2.24, 2.45) is 0 Å². The normalized spacial score (nSPS) is 11.6. The van der Waals surface area contributed by atoms with Gasteiger partial charge >= 0.3 is 0 Å². The van der Waals surface area contributed by atoms with Crippen LogP contribution in [0.3, 0.4) is 0 Å². The highest BCUT2D eigenvalue weighted by Gasteiger charge is 2.26. The molecule has 0 heterocycles. The van der Waals surface area contributed by atoms with Gasteiger partial charge in [0, 0.05) is 17.6 Å². The first-order valence-corrected chi connectivity index (χ1v) is 10.3. The van der Waals surface area contributed by atoms with E-state index < -0.39 is 6.04 Å². The molecule has 5 nitrogen and oxygen atoms in total. The van der Waals surface area contributed by atoms with Gasteiger partial charge in [-0.15, -0.1) is 0 Å². The Morgan fingerprint density at radius 2 is 1.82 bits per heavy atom. The highest BCUT2D eigenvalue weighted by Crippen LogP contribution is 2.17. The first-order valence-electron chi connectivity index (χ1n) is 9.48. The molecular formula is C22H27BrN2O3. The third-order valence-corrected chi connectivity index (χ3v) is 4.95. The largest absolute Gasteiger partial charge is 0.484 e. The van der Waals surface area contributed by atoms with Gasteiger partial charge in [0.1, 0.15) is 11.8 Å². The number of carbonyl (C=O) groups excluding carboxylic acids is 2. The van der Waals surface area contributed by atoms with Crippen LogP contribution in [0.1, 0.15) is 31.9 Å². The van der Waals surface area contributed by atoms with E-state index in [1.165, 1.54) is 5.56 Å². The molecule has 2 amide bonds. The third kappa shape index (κ3) is 6.37. The number of ether oxygens (including phenoxy) is 1. The molecule has 0 saturated heterocycles. The molecule has 6 heteroatoms. The number of likely N-dealkylation sites (N-methyl/N-ethyl adjacent to an activating group) is 1. The van der Waals surface area contributed by atoms with E-state index in [0.717, 1.165) is 16.5 Å². The number of amides is 2. The molecule has 2 aromatic carbocycles. The van der Waals surface area contributed by atoms with E-state index in [2.05, 4.69) is 28.2 Å². The van der Waals surface area contributed by atoms with Crippen molar-refractivity contribution in [3.63, 3.8) is 0 Å². The molecule has 0 bridgehead atoms. The maximum Gasteiger partial charge on any atom is 0.261 e. The Bertz CT molecular complexity index is 793. The van der Waals surface area contributed by atoms with Crippen LogP contribution >= 0.6 is 15.9 Å². The predicted octanol–water partition coefficient (Wildman–Crippen LogP) is 3.94. The number of hydrogen-bond donors (Lipinski definition) is 1. The van der Waals surface area contributed by atoms with Crippen LogP contribution in [-0.4, -0.2) is 35.9 Å². The second kappa shape index (κ2) is 10.9. The van der Waals surface area contributed by atoms with Gasteiger partial charge < -0.3 is 15.0 Å². The number of nitrogens with zero attached hydrogens (tertiary/aromatic N) is 1. The summed E-state index contributed by atoms with van der Waals surface area (Å²) in [5, 5.41) is 2.78. The van der Waals surface area contributed by atoms with Crippen molar-refractivity contribution in [1.29, 1.82) is 0 Å². The number of halogens is 1. The fourth-order valence-electron chi connectivity index (χ4n) is 2.79. The third-order valence-electron chi connectivity index (χ3n) is 4.45. The Morgan fingerprint density at radius 1 is 1.11 bits per heavy atom. The second-order valence-electron chi connectivity index (χ2n) is 6.51. The summed E-state index contributed by atoms with van der Waals surface area (Å²) >= 11 is 3.45. The van der Waals surface area contributed by atoms with Crippen LogP contribution in [0.25, 0.3) is 0 Å². The molecule has 2 rings (SSSR count). The highest BCUT2D eigenvalue weighted by atomic mass is 79.9. The summed E-state index contributed by atoms with van der Waals surface area (Å²) in [5.74, 6) is 0.218. The molecule has 0 fully saturated rings. The minimum atomic E-state index is -0.600. The Balaban J connectivity index is 2.11. The van der Waals surface area contributed by atoms with E-state index in [0.29, 0.717) is 18.8 Å². The Kier molecular flexibility index (Phi) is 8.51. The molecule has 0 aliphatic heterocycles. The number of aryl methyl sites for hydroxylation is 1. The minimum absolute atomic E-state index is 0.122. The zero-order chi connectivity index (χ0) is 20.5. The number of carbonyl (C=O) groups is 2. The molecule has 0 saturated carbocycles. The molecule has 0 spiro atoms. The van der Waals surface area contributed by atoms with Gasteiger partial charge in [-0.2, -0.15) is 0 Å². The van der Waals surface area contributed by atoms with Crippen LogP contribution in [0.5, 0.6) is 5.75 Å². The lowest BCUT2D eigenvalue weighted by Crippen LogP contribution is -2.49. The van der Waals surface area contributed by atoms with Crippen LogP contribution in [0.2, 0.25) is 0 Å². The van der Waals surface area contributed by atoms with Crippen molar-refractivity contribution >= 4 is 27.7 Å². The molecule has 0 aliphatic rings. The lowest BCUT2D eigenvalue weighted by Gasteiger charge is -2.28. The standard InChI is InChI=1S/C22H27BrN2O3/c1-4-17-9-11-20(12-10-17)28-15-21(26)25(16(3)22(27)24-5-2)14-18-7-6-8-19(23)13-18/h6-13,16H,4-5,14-15H2,1-3H3,(H,24,27). The predicted molar refractivity (Wildman–Crippen MR) is 114 cm³/mol. The quantitative estimate of drug-likeness (QED) is 0.634. The molecule has 1 N–H and O–H groups in total. The van der Waals surface area contributed by atoms with Crippen LogP contribution < -0.4 is 10.1 Å². The molecule has 2 aromatic rings. The second-order valence-corrected chi connectivity index (χ2v) is 7.42. The van der Waals surface area contributed by atoms with E-state index in [-0.39, 0.29) is 18.4 Å². The average Bonchev–Trinajstić information content (AvgIpc) is 2.70. The van der Waals surface area contributed by atoms with Crippen molar-refractivity contribution < 1.29 is 14.3 Å². The van der Waals surface area contributed by atoms with Crippen molar-refractivity contribution in [1.82, 2.24) is 10.2 Å². The molecule has 0 aliphatic carbocycles. The summed E-state index contributed by atoms with van der Waals surface area (Å²) in [4.78, 5) is 26.8. The highest BCUT2D eigenvalue weighted by molar-refractivity contribution is 9.10. The van der Waals surface area contributed by atoms with E-state index >= 15 is 0 Å². The number of benzene rings is 2. The molecule has 0 aromatic heterocycles. The maximum atomic E-state index is 12.9. The number of nitrogens with one attached hydrogen (secondary N) is 1. The number of hydrogen-bond acceptors (Lipinski definition) is 3. The summed E-state index contributed by atoms with van der Waals surface area (Å²) < 4.78 is 6.59. The minimum Gasteiger partial charge on any atom is -0.484 e. The Hall–Kier alpha value is -2.34. The van der Waals surface area contributed by atoms with Crippen LogP contribution in [0, 0.1) is 0 Å². The van der Waals surface area contributed by atoms with E-state index in [1.807, 2.05) is 55.5 Å². The fraction of sp³-hybridized carbons (Fsp3) is 0.364. The van der Waals surface area contributed by atoms with Gasteiger partial charge in [0.25, 0.3) is 5.91 Å². The molecular weight excluding hydrogens is 420 g/mol. The van der Waals surface area contributed by atoms with Crippen molar-refractivity contribution in [2.75, 3.05) is 13.2 Å². The van der Waals surface area contributed by atoms with Crippen molar-refractivity contribution in [3.05, 3.63) is 64.1 Å².